The molecule has 0 aromatic heterocycles. The second-order valence-electron chi connectivity index (χ2n) is 5.50. The van der Waals surface area contributed by atoms with E-state index in [0.29, 0.717) is 5.75 Å². The third-order valence-electron chi connectivity index (χ3n) is 3.36. The molecule has 0 aliphatic rings. The second kappa shape index (κ2) is 10.2. The van der Waals surface area contributed by atoms with Crippen LogP contribution < -0.4 is 14.8 Å². The number of nitrogens with one attached hydrogen (secondary N) is 1. The fraction of sp³-hybridized carbons (Fsp3) is 0.263. The summed E-state index contributed by atoms with van der Waals surface area (Å²) in [5.41, 5.74) is 0.135. The highest BCUT2D eigenvalue weighted by Crippen LogP contribution is 2.26. The van der Waals surface area contributed by atoms with Gasteiger partial charge in [-0.1, -0.05) is 36.4 Å². The molecule has 0 fully saturated rings. The molecule has 0 heterocycles. The first kappa shape index (κ1) is 21.1. The third kappa shape index (κ3) is 7.98. The Balaban J connectivity index is 1.69. The van der Waals surface area contributed by atoms with E-state index in [4.69, 9.17) is 9.47 Å². The fourth-order valence-corrected chi connectivity index (χ4v) is 2.11. The second-order valence-corrected chi connectivity index (χ2v) is 5.50. The minimum atomic E-state index is -4.84. The van der Waals surface area contributed by atoms with Crippen molar-refractivity contribution < 1.29 is 37.0 Å². The minimum absolute atomic E-state index is 0.0512. The number of hydrogen-bond acceptors (Lipinski definition) is 5. The molecule has 0 bridgehead atoms. The molecule has 0 radical (unpaired) electrons. The van der Waals surface area contributed by atoms with Crippen LogP contribution in [0, 0.1) is 0 Å². The molecule has 150 valence electrons. The van der Waals surface area contributed by atoms with Crippen LogP contribution in [0.4, 0.5) is 13.2 Å². The zero-order valence-electron chi connectivity index (χ0n) is 14.7. The van der Waals surface area contributed by atoms with Crippen LogP contribution in [0.1, 0.15) is 12.0 Å². The number of benzene rings is 2. The van der Waals surface area contributed by atoms with Crippen LogP contribution in [0.25, 0.3) is 0 Å². The van der Waals surface area contributed by atoms with Crippen molar-refractivity contribution in [3.05, 3.63) is 60.2 Å². The SMILES string of the molecule is O=C(COC(=O)CCOc1ccccc1)NCc1ccccc1OC(F)(F)F. The van der Waals surface area contributed by atoms with Gasteiger partial charge in [-0.25, -0.2) is 0 Å². The molecule has 0 spiro atoms. The van der Waals surface area contributed by atoms with Gasteiger partial charge in [-0.2, -0.15) is 0 Å². The van der Waals surface area contributed by atoms with Crippen molar-refractivity contribution in [3.8, 4) is 11.5 Å². The topological polar surface area (TPSA) is 73.9 Å². The number of rotatable bonds is 9. The van der Waals surface area contributed by atoms with E-state index in [1.807, 2.05) is 6.07 Å². The summed E-state index contributed by atoms with van der Waals surface area (Å²) >= 11 is 0. The van der Waals surface area contributed by atoms with Gasteiger partial charge >= 0.3 is 12.3 Å². The number of amides is 1. The molecule has 0 atom stereocenters. The van der Waals surface area contributed by atoms with Crippen molar-refractivity contribution in [3.63, 3.8) is 0 Å². The average Bonchev–Trinajstić information content (AvgIpc) is 2.65. The molecule has 2 aromatic rings. The Morgan fingerprint density at radius 3 is 2.36 bits per heavy atom. The van der Waals surface area contributed by atoms with Gasteiger partial charge in [0.05, 0.1) is 13.0 Å². The first-order chi connectivity index (χ1) is 13.3. The fourth-order valence-electron chi connectivity index (χ4n) is 2.11. The molecular formula is C19H18F3NO5. The van der Waals surface area contributed by atoms with Crippen molar-refractivity contribution >= 4 is 11.9 Å². The number of ether oxygens (including phenoxy) is 3. The predicted molar refractivity (Wildman–Crippen MR) is 92.5 cm³/mol. The quantitative estimate of drug-likeness (QED) is 0.658. The molecule has 0 aliphatic heterocycles. The molecule has 6 nitrogen and oxygen atoms in total. The maximum Gasteiger partial charge on any atom is 0.573 e. The maximum absolute atomic E-state index is 12.4. The lowest BCUT2D eigenvalue weighted by Gasteiger charge is -2.13. The molecule has 9 heteroatoms. The van der Waals surface area contributed by atoms with Gasteiger partial charge in [-0.3, -0.25) is 9.59 Å². The monoisotopic (exact) mass is 397 g/mol. The first-order valence-corrected chi connectivity index (χ1v) is 8.27. The number of halogens is 3. The van der Waals surface area contributed by atoms with Crippen LogP contribution in [0.15, 0.2) is 54.6 Å². The van der Waals surface area contributed by atoms with Gasteiger partial charge in [0, 0.05) is 12.1 Å². The van der Waals surface area contributed by atoms with E-state index in [1.165, 1.54) is 18.2 Å². The van der Waals surface area contributed by atoms with E-state index in [-0.39, 0.29) is 25.1 Å². The van der Waals surface area contributed by atoms with Crippen LogP contribution in [0.5, 0.6) is 11.5 Å². The average molecular weight is 397 g/mol. The van der Waals surface area contributed by atoms with Gasteiger partial charge in [-0.15, -0.1) is 13.2 Å². The molecule has 1 N–H and O–H groups in total. The predicted octanol–water partition coefficient (Wildman–Crippen LogP) is 3.21. The van der Waals surface area contributed by atoms with E-state index in [0.717, 1.165) is 6.07 Å². The van der Waals surface area contributed by atoms with E-state index >= 15 is 0 Å². The normalized spacial score (nSPS) is 10.8. The van der Waals surface area contributed by atoms with Gasteiger partial charge in [0.1, 0.15) is 11.5 Å². The molecule has 0 aliphatic carbocycles. The molecule has 0 saturated heterocycles. The Morgan fingerprint density at radius 2 is 1.64 bits per heavy atom. The number of para-hydroxylation sites is 2. The highest BCUT2D eigenvalue weighted by molar-refractivity contribution is 5.80. The van der Waals surface area contributed by atoms with Gasteiger partial charge in [0.15, 0.2) is 6.61 Å². The number of hydrogen-bond donors (Lipinski definition) is 1. The van der Waals surface area contributed by atoms with Gasteiger partial charge in [-0.05, 0) is 18.2 Å². The molecular weight excluding hydrogens is 379 g/mol. The Kier molecular flexibility index (Phi) is 7.67. The van der Waals surface area contributed by atoms with E-state index in [9.17, 15) is 22.8 Å². The summed E-state index contributed by atoms with van der Waals surface area (Å²) in [6.45, 7) is -0.668. The molecule has 2 rings (SSSR count). The summed E-state index contributed by atoms with van der Waals surface area (Å²) in [4.78, 5) is 23.3. The lowest BCUT2D eigenvalue weighted by Crippen LogP contribution is -2.29. The Morgan fingerprint density at radius 1 is 0.964 bits per heavy atom. The number of alkyl halides is 3. The Hall–Kier alpha value is -3.23. The van der Waals surface area contributed by atoms with Gasteiger partial charge < -0.3 is 19.5 Å². The van der Waals surface area contributed by atoms with Crippen molar-refractivity contribution in [2.24, 2.45) is 0 Å². The largest absolute Gasteiger partial charge is 0.573 e. The number of esters is 1. The van der Waals surface area contributed by atoms with Crippen LogP contribution in [-0.4, -0.2) is 31.5 Å². The van der Waals surface area contributed by atoms with E-state index in [1.54, 1.807) is 24.3 Å². The lowest BCUT2D eigenvalue weighted by molar-refractivity contribution is -0.274. The smallest absolute Gasteiger partial charge is 0.493 e. The third-order valence-corrected chi connectivity index (χ3v) is 3.36. The highest BCUT2D eigenvalue weighted by atomic mass is 19.4. The Labute approximate surface area is 159 Å². The van der Waals surface area contributed by atoms with Crippen molar-refractivity contribution in [1.29, 1.82) is 0 Å². The minimum Gasteiger partial charge on any atom is -0.493 e. The van der Waals surface area contributed by atoms with Gasteiger partial charge in [0.2, 0.25) is 0 Å². The summed E-state index contributed by atoms with van der Waals surface area (Å²) in [5, 5.41) is 2.37. The maximum atomic E-state index is 12.4. The van der Waals surface area contributed by atoms with E-state index < -0.39 is 30.6 Å². The molecule has 28 heavy (non-hydrogen) atoms. The van der Waals surface area contributed by atoms with Crippen LogP contribution in [0.2, 0.25) is 0 Å². The van der Waals surface area contributed by atoms with Crippen molar-refractivity contribution in [2.75, 3.05) is 13.2 Å². The van der Waals surface area contributed by atoms with Crippen LogP contribution >= 0.6 is 0 Å². The molecule has 0 saturated carbocycles. The van der Waals surface area contributed by atoms with E-state index in [2.05, 4.69) is 10.1 Å². The molecule has 1 amide bonds. The summed E-state index contributed by atoms with van der Waals surface area (Å²) < 4.78 is 51.1. The van der Waals surface area contributed by atoms with Gasteiger partial charge in [0.25, 0.3) is 5.91 Å². The first-order valence-electron chi connectivity index (χ1n) is 8.27. The standard InChI is InChI=1S/C19H18F3NO5/c20-19(21,22)28-16-9-5-4-6-14(16)12-23-17(24)13-27-18(25)10-11-26-15-7-2-1-3-8-15/h1-9H,10-13H2,(H,23,24). The van der Waals surface area contributed by atoms with Crippen molar-refractivity contribution in [2.45, 2.75) is 19.3 Å². The summed E-state index contributed by atoms with van der Waals surface area (Å²) in [5.74, 6) is -1.09. The highest BCUT2D eigenvalue weighted by Gasteiger charge is 2.31. The zero-order valence-corrected chi connectivity index (χ0v) is 14.7. The van der Waals surface area contributed by atoms with Crippen LogP contribution in [-0.2, 0) is 20.9 Å². The van der Waals surface area contributed by atoms with Crippen molar-refractivity contribution in [1.82, 2.24) is 5.32 Å². The zero-order chi connectivity index (χ0) is 20.4. The lowest BCUT2D eigenvalue weighted by atomic mass is 10.2. The summed E-state index contributed by atoms with van der Waals surface area (Å²) in [7, 11) is 0. The summed E-state index contributed by atoms with van der Waals surface area (Å²) in [6, 6.07) is 14.3. The van der Waals surface area contributed by atoms with Crippen LogP contribution in [0.3, 0.4) is 0 Å². The molecule has 0 unspecified atom stereocenters. The summed E-state index contributed by atoms with van der Waals surface area (Å²) in [6.07, 6.45) is -4.89. The number of carbonyl (C=O) groups is 2. The molecule has 2 aromatic carbocycles. The number of carbonyl (C=O) groups excluding carboxylic acids is 2. The Bertz CT molecular complexity index is 781.